The maximum atomic E-state index is 12.7. The molecule has 0 bridgehead atoms. The van der Waals surface area contributed by atoms with Crippen molar-refractivity contribution in [3.8, 4) is 5.69 Å². The molecule has 0 radical (unpaired) electrons. The SMILES string of the molecule is O=C([C@H]1CC=CCC1)N1CCN(c2nnnn2-c2ccccc2)CC1. The van der Waals surface area contributed by atoms with Gasteiger partial charge in [-0.1, -0.05) is 35.4 Å². The van der Waals surface area contributed by atoms with Gasteiger partial charge < -0.3 is 9.80 Å². The Kier molecular flexibility index (Phi) is 4.45. The lowest BCUT2D eigenvalue weighted by atomic mass is 9.93. The molecule has 7 nitrogen and oxygen atoms in total. The number of carbonyl (C=O) groups is 1. The topological polar surface area (TPSA) is 67.2 Å². The molecule has 0 spiro atoms. The molecule has 1 aliphatic carbocycles. The Morgan fingerprint density at radius 3 is 2.56 bits per heavy atom. The predicted octanol–water partition coefficient (Wildman–Crippen LogP) is 1.67. The Balaban J connectivity index is 1.42. The highest BCUT2D eigenvalue weighted by molar-refractivity contribution is 5.79. The average molecular weight is 338 g/mol. The largest absolute Gasteiger partial charge is 0.339 e. The average Bonchev–Trinajstić information content (AvgIpc) is 3.19. The molecule has 0 N–H and O–H groups in total. The van der Waals surface area contributed by atoms with E-state index < -0.39 is 0 Å². The summed E-state index contributed by atoms with van der Waals surface area (Å²) in [6.07, 6.45) is 7.18. The van der Waals surface area contributed by atoms with Gasteiger partial charge in [-0.3, -0.25) is 4.79 Å². The first kappa shape index (κ1) is 15.8. The van der Waals surface area contributed by atoms with E-state index in [0.717, 1.165) is 57.1 Å². The molecule has 0 saturated carbocycles. The highest BCUT2D eigenvalue weighted by Crippen LogP contribution is 2.22. The van der Waals surface area contributed by atoms with Crippen LogP contribution in [0.5, 0.6) is 0 Å². The molecule has 1 fully saturated rings. The van der Waals surface area contributed by atoms with Crippen molar-refractivity contribution < 1.29 is 4.79 Å². The molecule has 1 aliphatic heterocycles. The van der Waals surface area contributed by atoms with Crippen molar-refractivity contribution in [2.45, 2.75) is 19.3 Å². The number of hydrogen-bond acceptors (Lipinski definition) is 5. The number of rotatable bonds is 3. The molecule has 1 aromatic heterocycles. The number of tetrazole rings is 1. The quantitative estimate of drug-likeness (QED) is 0.797. The molecular weight excluding hydrogens is 316 g/mol. The Morgan fingerprint density at radius 1 is 1.04 bits per heavy atom. The third-order valence-corrected chi connectivity index (χ3v) is 4.95. The van der Waals surface area contributed by atoms with Crippen molar-refractivity contribution in [3.63, 3.8) is 0 Å². The molecule has 1 amide bonds. The summed E-state index contributed by atoms with van der Waals surface area (Å²) in [5, 5.41) is 12.1. The summed E-state index contributed by atoms with van der Waals surface area (Å²) in [5.74, 6) is 1.19. The van der Waals surface area contributed by atoms with E-state index in [1.165, 1.54) is 0 Å². The van der Waals surface area contributed by atoms with Crippen LogP contribution in [0.25, 0.3) is 5.69 Å². The summed E-state index contributed by atoms with van der Waals surface area (Å²) in [4.78, 5) is 16.8. The number of para-hydroxylation sites is 1. The van der Waals surface area contributed by atoms with E-state index in [4.69, 9.17) is 0 Å². The number of amides is 1. The van der Waals surface area contributed by atoms with Gasteiger partial charge in [-0.15, -0.1) is 0 Å². The van der Waals surface area contributed by atoms with Crippen LogP contribution in [0, 0.1) is 5.92 Å². The zero-order chi connectivity index (χ0) is 17.1. The summed E-state index contributed by atoms with van der Waals surface area (Å²) < 4.78 is 1.75. The van der Waals surface area contributed by atoms with Gasteiger partial charge in [-0.05, 0) is 41.8 Å². The van der Waals surface area contributed by atoms with E-state index in [1.54, 1.807) is 4.68 Å². The maximum Gasteiger partial charge on any atom is 0.250 e. The minimum Gasteiger partial charge on any atom is -0.339 e. The van der Waals surface area contributed by atoms with Gasteiger partial charge in [-0.2, -0.15) is 4.68 Å². The maximum absolute atomic E-state index is 12.7. The van der Waals surface area contributed by atoms with E-state index in [9.17, 15) is 4.79 Å². The van der Waals surface area contributed by atoms with Crippen LogP contribution in [0.3, 0.4) is 0 Å². The Bertz CT molecular complexity index is 748. The van der Waals surface area contributed by atoms with Crippen LogP contribution >= 0.6 is 0 Å². The highest BCUT2D eigenvalue weighted by atomic mass is 16.2. The summed E-state index contributed by atoms with van der Waals surface area (Å²) in [6, 6.07) is 9.87. The van der Waals surface area contributed by atoms with Gasteiger partial charge in [0.2, 0.25) is 11.9 Å². The second kappa shape index (κ2) is 7.04. The van der Waals surface area contributed by atoms with Crippen LogP contribution < -0.4 is 4.90 Å². The van der Waals surface area contributed by atoms with Gasteiger partial charge in [0.1, 0.15) is 0 Å². The number of benzene rings is 1. The molecule has 130 valence electrons. The smallest absolute Gasteiger partial charge is 0.250 e. The molecule has 7 heteroatoms. The normalized spacial score (nSPS) is 20.7. The second-order valence-corrected chi connectivity index (χ2v) is 6.52. The fourth-order valence-electron chi connectivity index (χ4n) is 3.52. The van der Waals surface area contributed by atoms with Crippen molar-refractivity contribution in [2.75, 3.05) is 31.1 Å². The van der Waals surface area contributed by atoms with Crippen LogP contribution in [0.15, 0.2) is 42.5 Å². The number of piperazine rings is 1. The van der Waals surface area contributed by atoms with Crippen LogP contribution in [-0.4, -0.2) is 57.2 Å². The molecule has 25 heavy (non-hydrogen) atoms. The van der Waals surface area contributed by atoms with Crippen molar-refractivity contribution in [1.29, 1.82) is 0 Å². The summed E-state index contributed by atoms with van der Waals surface area (Å²) >= 11 is 0. The van der Waals surface area contributed by atoms with Crippen molar-refractivity contribution >= 4 is 11.9 Å². The molecule has 1 saturated heterocycles. The Labute approximate surface area is 146 Å². The van der Waals surface area contributed by atoms with Gasteiger partial charge >= 0.3 is 0 Å². The first-order valence-electron chi connectivity index (χ1n) is 8.85. The second-order valence-electron chi connectivity index (χ2n) is 6.52. The number of nitrogens with zero attached hydrogens (tertiary/aromatic N) is 6. The standard InChI is InChI=1S/C18H22N6O/c25-17(15-7-3-1-4-8-15)22-11-13-23(14-12-22)18-19-20-21-24(18)16-9-5-2-6-10-16/h1-3,5-6,9-10,15H,4,7-8,11-14H2/t15-/m0/s1. The molecule has 2 aromatic rings. The third kappa shape index (κ3) is 3.26. The first-order chi connectivity index (χ1) is 12.3. The molecule has 1 atom stereocenters. The third-order valence-electron chi connectivity index (χ3n) is 4.95. The number of hydrogen-bond donors (Lipinski definition) is 0. The van der Waals surface area contributed by atoms with Gasteiger partial charge in [-0.25, -0.2) is 0 Å². The van der Waals surface area contributed by atoms with Crippen LogP contribution in [0.2, 0.25) is 0 Å². The molecule has 1 aromatic carbocycles. The Morgan fingerprint density at radius 2 is 1.84 bits per heavy atom. The summed E-state index contributed by atoms with van der Waals surface area (Å²) in [7, 11) is 0. The van der Waals surface area contributed by atoms with E-state index >= 15 is 0 Å². The van der Waals surface area contributed by atoms with E-state index in [2.05, 4.69) is 32.6 Å². The van der Waals surface area contributed by atoms with Crippen molar-refractivity contribution in [2.24, 2.45) is 5.92 Å². The number of anilines is 1. The number of allylic oxidation sites excluding steroid dienone is 2. The summed E-state index contributed by atoms with van der Waals surface area (Å²) in [6.45, 7) is 2.95. The predicted molar refractivity (Wildman–Crippen MR) is 94.4 cm³/mol. The monoisotopic (exact) mass is 338 g/mol. The van der Waals surface area contributed by atoms with Crippen LogP contribution in [0.4, 0.5) is 5.95 Å². The van der Waals surface area contributed by atoms with Crippen molar-refractivity contribution in [1.82, 2.24) is 25.1 Å². The highest BCUT2D eigenvalue weighted by Gasteiger charge is 2.29. The van der Waals surface area contributed by atoms with Crippen LogP contribution in [-0.2, 0) is 4.79 Å². The number of aromatic nitrogens is 4. The van der Waals surface area contributed by atoms with Gasteiger partial charge in [0.15, 0.2) is 0 Å². The minimum absolute atomic E-state index is 0.159. The van der Waals surface area contributed by atoms with Gasteiger partial charge in [0.05, 0.1) is 5.69 Å². The number of carbonyl (C=O) groups excluding carboxylic acids is 1. The lowest BCUT2D eigenvalue weighted by Gasteiger charge is -2.36. The zero-order valence-electron chi connectivity index (χ0n) is 14.2. The van der Waals surface area contributed by atoms with Gasteiger partial charge in [0.25, 0.3) is 0 Å². The van der Waals surface area contributed by atoms with E-state index in [0.29, 0.717) is 5.91 Å². The molecule has 2 heterocycles. The van der Waals surface area contributed by atoms with Crippen LogP contribution in [0.1, 0.15) is 19.3 Å². The fraction of sp³-hybridized carbons (Fsp3) is 0.444. The Hall–Kier alpha value is -2.70. The molecular formula is C18H22N6O. The fourth-order valence-corrected chi connectivity index (χ4v) is 3.52. The first-order valence-corrected chi connectivity index (χ1v) is 8.85. The minimum atomic E-state index is 0.159. The molecule has 0 unspecified atom stereocenters. The lowest BCUT2D eigenvalue weighted by molar-refractivity contribution is -0.136. The molecule has 4 rings (SSSR count). The lowest BCUT2D eigenvalue weighted by Crippen LogP contribution is -2.51. The van der Waals surface area contributed by atoms with E-state index in [-0.39, 0.29) is 5.92 Å². The molecule has 2 aliphatic rings. The van der Waals surface area contributed by atoms with Gasteiger partial charge in [0, 0.05) is 32.1 Å². The summed E-state index contributed by atoms with van der Waals surface area (Å²) in [5.41, 5.74) is 0.940. The zero-order valence-corrected chi connectivity index (χ0v) is 14.2. The van der Waals surface area contributed by atoms with E-state index in [1.807, 2.05) is 35.2 Å². The van der Waals surface area contributed by atoms with Crippen molar-refractivity contribution in [3.05, 3.63) is 42.5 Å².